The molecule has 0 unspecified atom stereocenters. The summed E-state index contributed by atoms with van der Waals surface area (Å²) in [6, 6.07) is 18.2. The number of carbonyl (C=O) groups excluding carboxylic acids is 1. The van der Waals surface area contributed by atoms with E-state index in [2.05, 4.69) is 37.8 Å². The number of carbonyl (C=O) groups is 1. The van der Waals surface area contributed by atoms with Crippen molar-refractivity contribution < 1.29 is 9.53 Å². The summed E-state index contributed by atoms with van der Waals surface area (Å²) in [4.78, 5) is 20.8. The van der Waals surface area contributed by atoms with E-state index in [-0.39, 0.29) is 17.9 Å². The number of fused-ring (bicyclic) bond motifs is 1. The van der Waals surface area contributed by atoms with Crippen LogP contribution in [-0.4, -0.2) is 22.6 Å². The second-order valence-electron chi connectivity index (χ2n) is 7.92. The Bertz CT molecular complexity index is 1020. The number of ether oxygens (including phenoxy) is 1. The quantitative estimate of drug-likeness (QED) is 0.523. The van der Waals surface area contributed by atoms with Crippen LogP contribution in [0.25, 0.3) is 0 Å². The van der Waals surface area contributed by atoms with E-state index in [1.807, 2.05) is 49.4 Å². The first-order chi connectivity index (χ1) is 14.4. The molecule has 2 atom stereocenters. The highest BCUT2D eigenvalue weighted by Gasteiger charge is 2.53. The fourth-order valence-electron chi connectivity index (χ4n) is 4.24. The molecule has 0 spiro atoms. The summed E-state index contributed by atoms with van der Waals surface area (Å²) < 4.78 is 5.35. The number of esters is 1. The van der Waals surface area contributed by atoms with Crippen molar-refractivity contribution in [3.05, 3.63) is 81.3 Å². The minimum absolute atomic E-state index is 0.0771. The SMILES string of the molecule is CCOC(=O)C1=C(C(C)C)N2C(=N[C@@](C)(c3ccc(Cl)cc3)[C@H]2c2ccccc2)S1. The zero-order chi connectivity index (χ0) is 21.5. The molecule has 0 saturated heterocycles. The molecule has 4 nitrogen and oxygen atoms in total. The minimum atomic E-state index is -0.519. The van der Waals surface area contributed by atoms with Gasteiger partial charge in [-0.3, -0.25) is 0 Å². The summed E-state index contributed by atoms with van der Waals surface area (Å²) in [5.41, 5.74) is 2.69. The molecule has 0 saturated carbocycles. The maximum absolute atomic E-state index is 12.7. The molecule has 2 aromatic rings. The third-order valence-corrected chi connectivity index (χ3v) is 6.86. The Hall–Kier alpha value is -2.24. The Balaban J connectivity index is 1.88. The van der Waals surface area contributed by atoms with Crippen molar-refractivity contribution in [1.29, 1.82) is 0 Å². The number of allylic oxidation sites excluding steroid dienone is 1. The molecule has 0 bridgehead atoms. The number of thioether (sulfide) groups is 1. The van der Waals surface area contributed by atoms with Gasteiger partial charge in [0, 0.05) is 10.7 Å². The van der Waals surface area contributed by atoms with Crippen LogP contribution in [0.3, 0.4) is 0 Å². The molecule has 156 valence electrons. The Morgan fingerprint density at radius 1 is 1.20 bits per heavy atom. The van der Waals surface area contributed by atoms with E-state index in [1.165, 1.54) is 11.8 Å². The van der Waals surface area contributed by atoms with Gasteiger partial charge in [0.1, 0.15) is 10.4 Å². The number of benzene rings is 2. The first-order valence-corrected chi connectivity index (χ1v) is 11.4. The van der Waals surface area contributed by atoms with Gasteiger partial charge in [-0.2, -0.15) is 0 Å². The predicted molar refractivity (Wildman–Crippen MR) is 123 cm³/mol. The van der Waals surface area contributed by atoms with Crippen LogP contribution in [0.15, 0.2) is 70.2 Å². The molecule has 0 amide bonds. The summed E-state index contributed by atoms with van der Waals surface area (Å²) in [5, 5.41) is 1.54. The standard InChI is InChI=1S/C24H25ClN2O2S/c1-5-29-22(28)20-19(15(2)3)27-21(16-9-7-6-8-10-16)24(4,26-23(27)30-20)17-11-13-18(25)14-12-17/h6-15,21H,5H2,1-4H3/t21-,24+/m1/s1. The zero-order valence-corrected chi connectivity index (χ0v) is 19.1. The Morgan fingerprint density at radius 2 is 1.87 bits per heavy atom. The van der Waals surface area contributed by atoms with Crippen molar-refractivity contribution in [1.82, 2.24) is 4.90 Å². The number of aliphatic imine (C=N–C) groups is 1. The highest BCUT2D eigenvalue weighted by atomic mass is 35.5. The molecule has 0 N–H and O–H groups in total. The molecule has 0 aromatic heterocycles. The van der Waals surface area contributed by atoms with Crippen LogP contribution < -0.4 is 0 Å². The largest absolute Gasteiger partial charge is 0.462 e. The molecule has 30 heavy (non-hydrogen) atoms. The summed E-state index contributed by atoms with van der Waals surface area (Å²) in [7, 11) is 0. The number of hydrogen-bond acceptors (Lipinski definition) is 5. The summed E-state index contributed by atoms with van der Waals surface area (Å²) in [6.07, 6.45) is 0. The van der Waals surface area contributed by atoms with Crippen molar-refractivity contribution in [2.24, 2.45) is 10.9 Å². The number of hydrogen-bond donors (Lipinski definition) is 0. The number of amidine groups is 1. The van der Waals surface area contributed by atoms with Crippen LogP contribution in [0.2, 0.25) is 5.02 Å². The van der Waals surface area contributed by atoms with Crippen LogP contribution in [0.4, 0.5) is 0 Å². The second kappa shape index (κ2) is 8.12. The number of halogens is 1. The molecule has 2 aliphatic heterocycles. The molecule has 0 aliphatic carbocycles. The smallest absolute Gasteiger partial charge is 0.346 e. The third-order valence-electron chi connectivity index (χ3n) is 5.56. The van der Waals surface area contributed by atoms with E-state index < -0.39 is 5.54 Å². The molecule has 2 aliphatic rings. The molecule has 4 rings (SSSR count). The number of nitrogens with zero attached hydrogens (tertiary/aromatic N) is 2. The molecule has 6 heteroatoms. The van der Waals surface area contributed by atoms with Gasteiger partial charge >= 0.3 is 5.97 Å². The Morgan fingerprint density at radius 3 is 2.47 bits per heavy atom. The lowest BCUT2D eigenvalue weighted by Gasteiger charge is -2.37. The average molecular weight is 441 g/mol. The maximum atomic E-state index is 12.7. The van der Waals surface area contributed by atoms with Crippen molar-refractivity contribution in [2.45, 2.75) is 39.3 Å². The fraction of sp³-hybridized carbons (Fsp3) is 0.333. The van der Waals surface area contributed by atoms with Gasteiger partial charge in [-0.1, -0.05) is 67.9 Å². The average Bonchev–Trinajstić information content (AvgIpc) is 3.22. The van der Waals surface area contributed by atoms with Crippen molar-refractivity contribution in [2.75, 3.05) is 6.61 Å². The van der Waals surface area contributed by atoms with Gasteiger partial charge in [0.15, 0.2) is 5.17 Å². The zero-order valence-electron chi connectivity index (χ0n) is 17.6. The lowest BCUT2D eigenvalue weighted by atomic mass is 9.81. The van der Waals surface area contributed by atoms with Gasteiger partial charge in [-0.15, -0.1) is 0 Å². The van der Waals surface area contributed by atoms with Gasteiger partial charge in [-0.05, 0) is 54.8 Å². The lowest BCUT2D eigenvalue weighted by Crippen LogP contribution is -2.36. The second-order valence-corrected chi connectivity index (χ2v) is 9.34. The molecule has 0 radical (unpaired) electrons. The molecule has 2 aromatic carbocycles. The molecule has 2 heterocycles. The lowest BCUT2D eigenvalue weighted by molar-refractivity contribution is -0.137. The summed E-state index contributed by atoms with van der Waals surface area (Å²) >= 11 is 7.57. The third kappa shape index (κ3) is 3.44. The van der Waals surface area contributed by atoms with E-state index in [1.54, 1.807) is 0 Å². The molecule has 0 fully saturated rings. The first-order valence-electron chi connectivity index (χ1n) is 10.2. The van der Waals surface area contributed by atoms with E-state index in [4.69, 9.17) is 21.3 Å². The highest BCUT2D eigenvalue weighted by Crippen LogP contribution is 2.56. The first kappa shape index (κ1) is 21.0. The van der Waals surface area contributed by atoms with E-state index in [0.29, 0.717) is 16.5 Å². The monoisotopic (exact) mass is 440 g/mol. The van der Waals surface area contributed by atoms with E-state index in [9.17, 15) is 4.79 Å². The van der Waals surface area contributed by atoms with Gasteiger partial charge in [0.2, 0.25) is 0 Å². The molecular formula is C24H25ClN2O2S. The van der Waals surface area contributed by atoms with Gasteiger partial charge in [0.25, 0.3) is 0 Å². The minimum Gasteiger partial charge on any atom is -0.462 e. The van der Waals surface area contributed by atoms with Crippen LogP contribution >= 0.6 is 23.4 Å². The predicted octanol–water partition coefficient (Wildman–Crippen LogP) is 6.15. The van der Waals surface area contributed by atoms with Crippen LogP contribution in [0.5, 0.6) is 0 Å². The summed E-state index contributed by atoms with van der Waals surface area (Å²) in [6.45, 7) is 8.55. The van der Waals surface area contributed by atoms with Crippen molar-refractivity contribution in [3.63, 3.8) is 0 Å². The normalized spacial score (nSPS) is 23.1. The van der Waals surface area contributed by atoms with E-state index in [0.717, 1.165) is 22.0 Å². The Labute approximate surface area is 187 Å². The Kier molecular flexibility index (Phi) is 5.69. The van der Waals surface area contributed by atoms with Crippen LogP contribution in [-0.2, 0) is 15.1 Å². The van der Waals surface area contributed by atoms with Gasteiger partial charge in [-0.25, -0.2) is 9.79 Å². The summed E-state index contributed by atoms with van der Waals surface area (Å²) in [5.74, 6) is -0.133. The van der Waals surface area contributed by atoms with Crippen molar-refractivity contribution >= 4 is 34.5 Å². The van der Waals surface area contributed by atoms with Crippen molar-refractivity contribution in [3.8, 4) is 0 Å². The van der Waals surface area contributed by atoms with Gasteiger partial charge in [0.05, 0.1) is 12.6 Å². The van der Waals surface area contributed by atoms with E-state index >= 15 is 0 Å². The fourth-order valence-corrected chi connectivity index (χ4v) is 5.67. The van der Waals surface area contributed by atoms with Crippen LogP contribution in [0, 0.1) is 5.92 Å². The number of rotatable bonds is 5. The highest BCUT2D eigenvalue weighted by molar-refractivity contribution is 8.18. The van der Waals surface area contributed by atoms with Crippen LogP contribution in [0.1, 0.15) is 44.9 Å². The molecular weight excluding hydrogens is 416 g/mol. The maximum Gasteiger partial charge on any atom is 0.346 e. The topological polar surface area (TPSA) is 41.9 Å². The van der Waals surface area contributed by atoms with Gasteiger partial charge < -0.3 is 9.64 Å².